The van der Waals surface area contributed by atoms with Crippen molar-refractivity contribution < 1.29 is 13.2 Å². The molecular formula is C21H22ClN3O3S2. The van der Waals surface area contributed by atoms with Gasteiger partial charge in [-0.05, 0) is 72.9 Å². The van der Waals surface area contributed by atoms with Crippen LogP contribution in [0.4, 0.5) is 5.69 Å². The summed E-state index contributed by atoms with van der Waals surface area (Å²) in [5.74, 6) is -0.355. The Balaban J connectivity index is 1.77. The number of benzene rings is 2. The number of carbonyl (C=O) groups excluding carboxylic acids is 1. The fraction of sp³-hybridized carbons (Fsp3) is 0.190. The van der Waals surface area contributed by atoms with Crippen molar-refractivity contribution in [1.29, 1.82) is 0 Å². The Labute approximate surface area is 185 Å². The minimum Gasteiger partial charge on any atom is -0.350 e. The molecule has 2 N–H and O–H groups in total. The monoisotopic (exact) mass is 463 g/mol. The molecule has 1 heterocycles. The Morgan fingerprint density at radius 2 is 1.80 bits per heavy atom. The van der Waals surface area contributed by atoms with E-state index in [2.05, 4.69) is 10.0 Å². The van der Waals surface area contributed by atoms with E-state index in [1.807, 2.05) is 35.8 Å². The van der Waals surface area contributed by atoms with E-state index >= 15 is 0 Å². The molecule has 1 atom stereocenters. The lowest BCUT2D eigenvalue weighted by Gasteiger charge is -2.24. The van der Waals surface area contributed by atoms with Crippen LogP contribution in [0.3, 0.4) is 0 Å². The molecule has 0 saturated heterocycles. The molecule has 1 aromatic heterocycles. The lowest BCUT2D eigenvalue weighted by molar-refractivity contribution is 0.0943. The number of sulfonamides is 1. The maximum atomic E-state index is 12.8. The molecular weight excluding hydrogens is 442 g/mol. The van der Waals surface area contributed by atoms with E-state index < -0.39 is 10.0 Å². The van der Waals surface area contributed by atoms with Gasteiger partial charge >= 0.3 is 0 Å². The van der Waals surface area contributed by atoms with Crippen molar-refractivity contribution in [2.24, 2.45) is 0 Å². The first-order valence-electron chi connectivity index (χ1n) is 9.12. The summed E-state index contributed by atoms with van der Waals surface area (Å²) in [6, 6.07) is 14.4. The third-order valence-corrected chi connectivity index (χ3v) is 6.88. The van der Waals surface area contributed by atoms with Crippen LogP contribution >= 0.6 is 22.9 Å². The lowest BCUT2D eigenvalue weighted by Crippen LogP contribution is -2.34. The predicted octanol–water partition coefficient (Wildman–Crippen LogP) is 4.24. The van der Waals surface area contributed by atoms with Gasteiger partial charge < -0.3 is 10.2 Å². The van der Waals surface area contributed by atoms with Crippen LogP contribution in [-0.4, -0.2) is 39.9 Å². The van der Waals surface area contributed by atoms with Gasteiger partial charge in [0, 0.05) is 11.6 Å². The van der Waals surface area contributed by atoms with Crippen molar-refractivity contribution in [1.82, 2.24) is 10.2 Å². The van der Waals surface area contributed by atoms with E-state index in [1.165, 1.54) is 24.3 Å². The summed E-state index contributed by atoms with van der Waals surface area (Å²) in [6.45, 7) is 0.390. The molecule has 9 heteroatoms. The van der Waals surface area contributed by atoms with Crippen molar-refractivity contribution in [3.8, 4) is 0 Å². The van der Waals surface area contributed by atoms with E-state index in [4.69, 9.17) is 11.6 Å². The SMILES string of the molecule is CN(C)C(CNC(=O)c1ccccc1NS(=O)(=O)c1ccc(Cl)cc1)c1ccsc1. The normalized spacial score (nSPS) is 12.5. The van der Waals surface area contributed by atoms with E-state index in [9.17, 15) is 13.2 Å². The zero-order chi connectivity index (χ0) is 21.7. The molecule has 1 unspecified atom stereocenters. The molecule has 2 aromatic carbocycles. The van der Waals surface area contributed by atoms with Crippen LogP contribution in [0.2, 0.25) is 5.02 Å². The summed E-state index contributed by atoms with van der Waals surface area (Å²) in [7, 11) is 0.0324. The van der Waals surface area contributed by atoms with Crippen molar-refractivity contribution in [3.63, 3.8) is 0 Å². The molecule has 30 heavy (non-hydrogen) atoms. The second-order valence-corrected chi connectivity index (χ2v) is 9.75. The van der Waals surface area contributed by atoms with Crippen LogP contribution in [0.5, 0.6) is 0 Å². The number of nitrogens with one attached hydrogen (secondary N) is 2. The summed E-state index contributed by atoms with van der Waals surface area (Å²) in [5.41, 5.74) is 1.57. The molecule has 1 amide bonds. The van der Waals surface area contributed by atoms with Crippen LogP contribution in [-0.2, 0) is 10.0 Å². The Hall–Kier alpha value is -2.39. The number of hydrogen-bond acceptors (Lipinski definition) is 5. The molecule has 0 aliphatic carbocycles. The number of likely N-dealkylation sites (N-methyl/N-ethyl adjacent to an activating group) is 1. The molecule has 0 aliphatic rings. The number of thiophene rings is 1. The summed E-state index contributed by atoms with van der Waals surface area (Å²) in [6.07, 6.45) is 0. The van der Waals surface area contributed by atoms with Gasteiger partial charge in [0.2, 0.25) is 0 Å². The van der Waals surface area contributed by atoms with E-state index in [-0.39, 0.29) is 28.1 Å². The molecule has 0 fully saturated rings. The number of rotatable bonds is 8. The first kappa shape index (κ1) is 22.3. The van der Waals surface area contributed by atoms with Crippen molar-refractivity contribution in [3.05, 3.63) is 81.5 Å². The number of amides is 1. The zero-order valence-electron chi connectivity index (χ0n) is 16.5. The minimum atomic E-state index is -3.86. The van der Waals surface area contributed by atoms with Crippen molar-refractivity contribution in [2.45, 2.75) is 10.9 Å². The van der Waals surface area contributed by atoms with Gasteiger partial charge in [-0.3, -0.25) is 9.52 Å². The average molecular weight is 464 g/mol. The van der Waals surface area contributed by atoms with E-state index in [1.54, 1.807) is 35.6 Å². The fourth-order valence-corrected chi connectivity index (χ4v) is 4.85. The summed E-state index contributed by atoms with van der Waals surface area (Å²) >= 11 is 7.44. The average Bonchev–Trinajstić information content (AvgIpc) is 3.22. The summed E-state index contributed by atoms with van der Waals surface area (Å²) < 4.78 is 27.9. The fourth-order valence-electron chi connectivity index (χ4n) is 2.94. The number of para-hydroxylation sites is 1. The van der Waals surface area contributed by atoms with Gasteiger partial charge in [-0.15, -0.1) is 0 Å². The third kappa shape index (κ3) is 5.40. The molecule has 158 valence electrons. The minimum absolute atomic E-state index is 0.0121. The molecule has 3 aromatic rings. The second-order valence-electron chi connectivity index (χ2n) is 6.85. The molecule has 6 nitrogen and oxygen atoms in total. The van der Waals surface area contributed by atoms with Crippen LogP contribution in [0, 0.1) is 0 Å². The zero-order valence-corrected chi connectivity index (χ0v) is 18.9. The van der Waals surface area contributed by atoms with Gasteiger partial charge in [-0.25, -0.2) is 8.42 Å². The van der Waals surface area contributed by atoms with Gasteiger partial charge in [0.15, 0.2) is 0 Å². The highest BCUT2D eigenvalue weighted by Gasteiger charge is 2.20. The van der Waals surface area contributed by atoms with Gasteiger partial charge in [-0.1, -0.05) is 23.7 Å². The smallest absolute Gasteiger partial charge is 0.261 e. The predicted molar refractivity (Wildman–Crippen MR) is 122 cm³/mol. The number of halogens is 1. The van der Waals surface area contributed by atoms with E-state index in [0.717, 1.165) is 5.56 Å². The highest BCUT2D eigenvalue weighted by atomic mass is 35.5. The van der Waals surface area contributed by atoms with Crippen LogP contribution in [0.1, 0.15) is 22.0 Å². The topological polar surface area (TPSA) is 78.5 Å². The van der Waals surface area contributed by atoms with Crippen molar-refractivity contribution in [2.75, 3.05) is 25.4 Å². The van der Waals surface area contributed by atoms with Crippen LogP contribution in [0.15, 0.2) is 70.3 Å². The summed E-state index contributed by atoms with van der Waals surface area (Å²) in [4.78, 5) is 14.9. The van der Waals surface area contributed by atoms with Gasteiger partial charge in [0.1, 0.15) is 0 Å². The number of hydrogen-bond donors (Lipinski definition) is 2. The van der Waals surface area contributed by atoms with Crippen LogP contribution < -0.4 is 10.0 Å². The summed E-state index contributed by atoms with van der Waals surface area (Å²) in [5, 5.41) is 7.39. The molecule has 0 spiro atoms. The second kappa shape index (κ2) is 9.61. The first-order chi connectivity index (χ1) is 14.3. The molecule has 0 aliphatic heterocycles. The molecule has 0 saturated carbocycles. The van der Waals surface area contributed by atoms with Gasteiger partial charge in [-0.2, -0.15) is 11.3 Å². The van der Waals surface area contributed by atoms with Gasteiger partial charge in [0.25, 0.3) is 15.9 Å². The van der Waals surface area contributed by atoms with Crippen molar-refractivity contribution >= 4 is 44.6 Å². The number of nitrogens with zero attached hydrogens (tertiary/aromatic N) is 1. The van der Waals surface area contributed by atoms with Gasteiger partial charge in [0.05, 0.1) is 22.2 Å². The molecule has 3 rings (SSSR count). The highest BCUT2D eigenvalue weighted by molar-refractivity contribution is 7.92. The Morgan fingerprint density at radius 3 is 2.43 bits per heavy atom. The maximum Gasteiger partial charge on any atom is 0.261 e. The Bertz CT molecular complexity index is 1100. The van der Waals surface area contributed by atoms with Crippen LogP contribution in [0.25, 0.3) is 0 Å². The maximum absolute atomic E-state index is 12.8. The lowest BCUT2D eigenvalue weighted by atomic mass is 10.1. The Morgan fingerprint density at radius 1 is 1.10 bits per heavy atom. The molecule has 0 radical (unpaired) electrons. The first-order valence-corrected chi connectivity index (χ1v) is 11.9. The largest absolute Gasteiger partial charge is 0.350 e. The Kier molecular flexibility index (Phi) is 7.14. The standard InChI is InChI=1S/C21H22ClN3O3S2/c1-25(2)20(15-11-12-29-14-15)13-23-21(26)18-5-3-4-6-19(18)24-30(27,28)17-9-7-16(22)8-10-17/h3-12,14,20,24H,13H2,1-2H3,(H,23,26). The quantitative estimate of drug-likeness (QED) is 0.523. The molecule has 0 bridgehead atoms. The highest BCUT2D eigenvalue weighted by Crippen LogP contribution is 2.23. The number of anilines is 1. The number of carbonyl (C=O) groups is 1. The third-order valence-electron chi connectivity index (χ3n) is 4.55. The van der Waals surface area contributed by atoms with E-state index in [0.29, 0.717) is 11.6 Å².